The SMILES string of the molecule is CN1CCN(c2c(Cl)cccc2NC(=O)c2ccc(-c3ccccc3[N+](=O)[O-])o2)CC1. The minimum atomic E-state index is -0.480. The summed E-state index contributed by atoms with van der Waals surface area (Å²) in [5.74, 6) is -0.150. The Morgan fingerprint density at radius 1 is 1.06 bits per heavy atom. The first kappa shape index (κ1) is 20.9. The van der Waals surface area contributed by atoms with Crippen LogP contribution in [0.2, 0.25) is 5.02 Å². The molecule has 0 unspecified atom stereocenters. The average molecular weight is 441 g/mol. The largest absolute Gasteiger partial charge is 0.451 e. The van der Waals surface area contributed by atoms with Crippen molar-refractivity contribution in [2.24, 2.45) is 0 Å². The highest BCUT2D eigenvalue weighted by Crippen LogP contribution is 2.35. The van der Waals surface area contributed by atoms with Crippen LogP contribution in [0.5, 0.6) is 0 Å². The van der Waals surface area contributed by atoms with Crippen LogP contribution in [0, 0.1) is 10.1 Å². The quantitative estimate of drug-likeness (QED) is 0.463. The van der Waals surface area contributed by atoms with Crippen molar-refractivity contribution in [2.45, 2.75) is 0 Å². The number of amides is 1. The molecule has 1 saturated heterocycles. The predicted molar refractivity (Wildman–Crippen MR) is 120 cm³/mol. The molecule has 3 aromatic rings. The van der Waals surface area contributed by atoms with Crippen LogP contribution in [0.4, 0.5) is 17.1 Å². The molecule has 2 heterocycles. The molecule has 1 aliphatic rings. The van der Waals surface area contributed by atoms with Crippen molar-refractivity contribution in [1.29, 1.82) is 0 Å². The molecule has 1 aliphatic heterocycles. The van der Waals surface area contributed by atoms with Crippen molar-refractivity contribution in [3.63, 3.8) is 0 Å². The maximum atomic E-state index is 12.9. The van der Waals surface area contributed by atoms with Gasteiger partial charge in [0.25, 0.3) is 11.6 Å². The van der Waals surface area contributed by atoms with Crippen LogP contribution in [0.15, 0.2) is 59.0 Å². The number of para-hydroxylation sites is 2. The van der Waals surface area contributed by atoms with Crippen molar-refractivity contribution in [3.8, 4) is 11.3 Å². The molecular formula is C22H21ClN4O4. The lowest BCUT2D eigenvalue weighted by molar-refractivity contribution is -0.384. The number of piperazine rings is 1. The third-order valence-electron chi connectivity index (χ3n) is 5.25. The van der Waals surface area contributed by atoms with E-state index in [0.29, 0.717) is 16.3 Å². The maximum absolute atomic E-state index is 12.9. The lowest BCUT2D eigenvalue weighted by atomic mass is 10.1. The number of anilines is 2. The third kappa shape index (κ3) is 4.40. The summed E-state index contributed by atoms with van der Waals surface area (Å²) in [6, 6.07) is 14.7. The minimum Gasteiger partial charge on any atom is -0.451 e. The Balaban J connectivity index is 1.58. The second-order valence-electron chi connectivity index (χ2n) is 7.32. The number of rotatable bonds is 5. The standard InChI is InChI=1S/C22H21ClN4O4/c1-25-11-13-26(14-12-25)21-16(23)6-4-7-17(21)24-22(28)20-10-9-19(31-20)15-5-2-3-8-18(15)27(29)30/h2-10H,11-14H2,1H3,(H,24,28). The van der Waals surface area contributed by atoms with E-state index < -0.39 is 10.8 Å². The Morgan fingerprint density at radius 3 is 2.55 bits per heavy atom. The van der Waals surface area contributed by atoms with E-state index in [1.807, 2.05) is 0 Å². The highest BCUT2D eigenvalue weighted by Gasteiger charge is 2.23. The van der Waals surface area contributed by atoms with E-state index in [4.69, 9.17) is 16.0 Å². The fourth-order valence-corrected chi connectivity index (χ4v) is 3.89. The molecular weight excluding hydrogens is 420 g/mol. The third-order valence-corrected chi connectivity index (χ3v) is 5.56. The van der Waals surface area contributed by atoms with Crippen molar-refractivity contribution in [1.82, 2.24) is 4.90 Å². The normalized spacial score (nSPS) is 14.5. The number of nitro benzene ring substituents is 1. The van der Waals surface area contributed by atoms with Crippen LogP contribution in [0.3, 0.4) is 0 Å². The summed E-state index contributed by atoms with van der Waals surface area (Å²) in [6.07, 6.45) is 0. The van der Waals surface area contributed by atoms with Gasteiger partial charge in [0.15, 0.2) is 5.76 Å². The number of carbonyl (C=O) groups is 1. The number of hydrogen-bond acceptors (Lipinski definition) is 6. The lowest BCUT2D eigenvalue weighted by Crippen LogP contribution is -2.44. The summed E-state index contributed by atoms with van der Waals surface area (Å²) < 4.78 is 5.65. The predicted octanol–water partition coefficient (Wildman–Crippen LogP) is 4.51. The fourth-order valence-electron chi connectivity index (χ4n) is 3.60. The second kappa shape index (κ2) is 8.79. The zero-order valence-corrected chi connectivity index (χ0v) is 17.6. The van der Waals surface area contributed by atoms with Gasteiger partial charge >= 0.3 is 0 Å². The molecule has 2 aromatic carbocycles. The number of likely N-dealkylation sites (N-methyl/N-ethyl adjacent to an activating group) is 1. The highest BCUT2D eigenvalue weighted by atomic mass is 35.5. The van der Waals surface area contributed by atoms with Crippen LogP contribution >= 0.6 is 11.6 Å². The number of hydrogen-bond donors (Lipinski definition) is 1. The first-order chi connectivity index (χ1) is 14.9. The van der Waals surface area contributed by atoms with Crippen molar-refractivity contribution < 1.29 is 14.1 Å². The molecule has 1 aromatic heterocycles. The zero-order chi connectivity index (χ0) is 22.0. The molecule has 0 bridgehead atoms. The van der Waals surface area contributed by atoms with Gasteiger partial charge in [-0.3, -0.25) is 14.9 Å². The Hall–Kier alpha value is -3.36. The van der Waals surface area contributed by atoms with E-state index in [9.17, 15) is 14.9 Å². The van der Waals surface area contributed by atoms with Gasteiger partial charge in [0, 0.05) is 32.2 Å². The molecule has 31 heavy (non-hydrogen) atoms. The number of halogens is 1. The van der Waals surface area contributed by atoms with Crippen molar-refractivity contribution in [3.05, 3.63) is 75.5 Å². The molecule has 4 rings (SSSR count). The Bertz CT molecular complexity index is 1120. The summed E-state index contributed by atoms with van der Waals surface area (Å²) in [6.45, 7) is 3.39. The van der Waals surface area contributed by atoms with E-state index in [-0.39, 0.29) is 17.2 Å². The molecule has 9 heteroatoms. The van der Waals surface area contributed by atoms with Crippen LogP contribution in [0.25, 0.3) is 11.3 Å². The van der Waals surface area contributed by atoms with Gasteiger partial charge in [0.05, 0.1) is 26.9 Å². The van der Waals surface area contributed by atoms with E-state index in [0.717, 1.165) is 31.9 Å². The Kier molecular flexibility index (Phi) is 5.92. The van der Waals surface area contributed by atoms with E-state index >= 15 is 0 Å². The van der Waals surface area contributed by atoms with Gasteiger partial charge in [0.1, 0.15) is 5.76 Å². The van der Waals surface area contributed by atoms with Gasteiger partial charge in [-0.1, -0.05) is 29.8 Å². The molecule has 160 valence electrons. The molecule has 1 N–H and O–H groups in total. The van der Waals surface area contributed by atoms with Gasteiger partial charge in [-0.15, -0.1) is 0 Å². The Labute approximate surface area is 184 Å². The first-order valence-corrected chi connectivity index (χ1v) is 10.2. The number of carbonyl (C=O) groups excluding carboxylic acids is 1. The molecule has 0 radical (unpaired) electrons. The molecule has 0 spiro atoms. The average Bonchev–Trinajstić information content (AvgIpc) is 3.25. The van der Waals surface area contributed by atoms with Crippen LogP contribution < -0.4 is 10.2 Å². The fraction of sp³-hybridized carbons (Fsp3) is 0.227. The van der Waals surface area contributed by atoms with Crippen molar-refractivity contribution >= 4 is 34.6 Å². The van der Waals surface area contributed by atoms with Gasteiger partial charge in [0.2, 0.25) is 0 Å². The van der Waals surface area contributed by atoms with E-state index in [2.05, 4.69) is 22.2 Å². The summed E-state index contributed by atoms with van der Waals surface area (Å²) in [5.41, 5.74) is 1.59. The molecule has 1 amide bonds. The van der Waals surface area contributed by atoms with E-state index in [1.54, 1.807) is 42.5 Å². The topological polar surface area (TPSA) is 91.9 Å². The van der Waals surface area contributed by atoms with E-state index in [1.165, 1.54) is 12.1 Å². The molecule has 8 nitrogen and oxygen atoms in total. The number of nitrogens with zero attached hydrogens (tertiary/aromatic N) is 3. The van der Waals surface area contributed by atoms with Gasteiger partial charge in [-0.05, 0) is 37.4 Å². The minimum absolute atomic E-state index is 0.0532. The summed E-state index contributed by atoms with van der Waals surface area (Å²) in [5, 5.41) is 14.7. The van der Waals surface area contributed by atoms with Gasteiger partial charge in [-0.2, -0.15) is 0 Å². The monoisotopic (exact) mass is 440 g/mol. The maximum Gasteiger partial charge on any atom is 0.291 e. The number of nitro groups is 1. The number of benzene rings is 2. The zero-order valence-electron chi connectivity index (χ0n) is 16.9. The van der Waals surface area contributed by atoms with Crippen LogP contribution in [-0.2, 0) is 0 Å². The second-order valence-corrected chi connectivity index (χ2v) is 7.73. The number of furan rings is 1. The van der Waals surface area contributed by atoms with Gasteiger partial charge < -0.3 is 19.5 Å². The summed E-state index contributed by atoms with van der Waals surface area (Å²) in [7, 11) is 2.07. The smallest absolute Gasteiger partial charge is 0.291 e. The summed E-state index contributed by atoms with van der Waals surface area (Å²) >= 11 is 6.47. The summed E-state index contributed by atoms with van der Waals surface area (Å²) in [4.78, 5) is 28.1. The van der Waals surface area contributed by atoms with Crippen molar-refractivity contribution in [2.75, 3.05) is 43.4 Å². The van der Waals surface area contributed by atoms with Crippen LogP contribution in [0.1, 0.15) is 10.6 Å². The highest BCUT2D eigenvalue weighted by molar-refractivity contribution is 6.34. The molecule has 0 atom stereocenters. The lowest BCUT2D eigenvalue weighted by Gasteiger charge is -2.35. The Morgan fingerprint density at radius 2 is 1.81 bits per heavy atom. The van der Waals surface area contributed by atoms with Gasteiger partial charge in [-0.25, -0.2) is 0 Å². The van der Waals surface area contributed by atoms with Crippen LogP contribution in [-0.4, -0.2) is 49.0 Å². The molecule has 0 aliphatic carbocycles. The number of nitrogens with one attached hydrogen (secondary N) is 1. The molecule has 1 fully saturated rings. The first-order valence-electron chi connectivity index (χ1n) is 9.81. The molecule has 0 saturated carbocycles.